The molecule has 32 valence electrons. The Kier molecular flexibility index (Phi) is 2.36. The average Bonchev–Trinajstić information content (AvgIpc) is 1.65. The second-order valence-corrected chi connectivity index (χ2v) is 0.658. The zero-order chi connectivity index (χ0) is 4.99. The minimum Gasteiger partial charge on any atom is -0.514 e. The van der Waals surface area contributed by atoms with Gasteiger partial charge in [-0.3, -0.25) is 0 Å². The van der Waals surface area contributed by atoms with Gasteiger partial charge in [-0.25, -0.2) is 4.79 Å². The molecule has 6 heavy (non-hydrogen) atoms. The Morgan fingerprint density at radius 1 is 1.33 bits per heavy atom. The van der Waals surface area contributed by atoms with Crippen molar-refractivity contribution in [2.75, 3.05) is 0 Å². The van der Waals surface area contributed by atoms with Crippen LogP contribution in [0, 0.1) is 0 Å². The van der Waals surface area contributed by atoms with Gasteiger partial charge in [-0.05, 0) is 0 Å². The number of hydrogen-bond donors (Lipinski definition) is 0. The maximum absolute atomic E-state index is 9.74. The Morgan fingerprint density at radius 3 is 1.67 bits per heavy atom. The minimum absolute atomic E-state index is 0.657. The fourth-order valence-corrected chi connectivity index (χ4v) is 0.0833. The van der Waals surface area contributed by atoms with Gasteiger partial charge in [0, 0.05) is 0 Å². The molecule has 0 bridgehead atoms. The summed E-state index contributed by atoms with van der Waals surface area (Å²) in [7, 11) is 2.51. The molecule has 0 spiro atoms. The third-order valence-electron chi connectivity index (χ3n) is 0.333. The number of hydrogen-bond acceptors (Lipinski definition) is 3. The van der Waals surface area contributed by atoms with Crippen molar-refractivity contribution in [2.24, 2.45) is 0 Å². The van der Waals surface area contributed by atoms with Crippen LogP contribution in [0.4, 0.5) is 4.79 Å². The maximum atomic E-state index is 9.74. The Bertz CT molecular complexity index is 46.8. The van der Waals surface area contributed by atoms with Crippen molar-refractivity contribution in [3.63, 3.8) is 0 Å². The summed E-state index contributed by atoms with van der Waals surface area (Å²) in [5, 5.41) is 0. The summed E-state index contributed by atoms with van der Waals surface area (Å²) in [4.78, 5) is 9.74. The van der Waals surface area contributed by atoms with Crippen LogP contribution in [0.1, 0.15) is 0 Å². The number of carbonyl (C=O) groups is 1. The van der Waals surface area contributed by atoms with Gasteiger partial charge >= 0.3 is 22.3 Å². The van der Waals surface area contributed by atoms with Crippen LogP contribution in [0.3, 0.4) is 0 Å². The van der Waals surface area contributed by atoms with Gasteiger partial charge in [0.15, 0.2) is 0 Å². The van der Waals surface area contributed by atoms with Gasteiger partial charge in [0.2, 0.25) is 0 Å². The topological polar surface area (TPSA) is 35.5 Å². The van der Waals surface area contributed by atoms with Crippen molar-refractivity contribution in [1.82, 2.24) is 0 Å². The Hall–Kier alpha value is -0.600. The van der Waals surface area contributed by atoms with Crippen LogP contribution in [-0.2, 0) is 9.31 Å². The molecule has 0 aromatic rings. The molecule has 0 aliphatic rings. The highest BCUT2D eigenvalue weighted by molar-refractivity contribution is 6.09. The van der Waals surface area contributed by atoms with Crippen LogP contribution in [0.15, 0.2) is 0 Å². The summed E-state index contributed by atoms with van der Waals surface area (Å²) >= 11 is 0. The van der Waals surface area contributed by atoms with Crippen LogP contribution in [0.5, 0.6) is 0 Å². The van der Waals surface area contributed by atoms with Gasteiger partial charge in [0.05, 0.1) is 0 Å². The Labute approximate surface area is 37.5 Å². The largest absolute Gasteiger partial charge is 0.514 e. The van der Waals surface area contributed by atoms with Crippen LogP contribution in [0.2, 0.25) is 0 Å². The molecule has 0 aliphatic carbocycles. The van der Waals surface area contributed by atoms with E-state index in [1.807, 2.05) is 0 Å². The van der Waals surface area contributed by atoms with Crippen molar-refractivity contribution in [3.05, 3.63) is 0 Å². The maximum Gasteiger partial charge on any atom is 0.470 e. The van der Waals surface area contributed by atoms with Crippen LogP contribution < -0.4 is 0 Å². The summed E-state index contributed by atoms with van der Waals surface area (Å²) in [5.41, 5.74) is 0. The fourth-order valence-electron chi connectivity index (χ4n) is 0.0833. The second-order valence-electron chi connectivity index (χ2n) is 0.658. The molecule has 0 N–H and O–H groups in total. The third-order valence-corrected chi connectivity index (χ3v) is 0.333. The lowest BCUT2D eigenvalue weighted by molar-refractivity contribution is 0.160. The predicted octanol–water partition coefficient (Wildman–Crippen LogP) is -1.76. The normalized spacial score (nSPS) is 6.67. The summed E-state index contributed by atoms with van der Waals surface area (Å²) < 4.78 is 8.08. The molecule has 5 heteroatoms. The quantitative estimate of drug-likeness (QED) is 0.327. The Balaban J connectivity index is 2.99. The molecule has 0 heterocycles. The van der Waals surface area contributed by atoms with Crippen molar-refractivity contribution >= 4 is 22.3 Å². The first kappa shape index (κ1) is 5.40. The van der Waals surface area contributed by atoms with E-state index in [-0.39, 0.29) is 0 Å². The number of rotatable bonds is 0. The first-order valence-corrected chi connectivity index (χ1v) is 1.43. The van der Waals surface area contributed by atoms with Gasteiger partial charge in [0.25, 0.3) is 0 Å². The van der Waals surface area contributed by atoms with Crippen LogP contribution >= 0.6 is 0 Å². The zero-order valence-electron chi connectivity index (χ0n) is 3.72. The lowest BCUT2D eigenvalue weighted by Crippen LogP contribution is -2.00. The molecule has 3 nitrogen and oxygen atoms in total. The molecule has 0 aromatic heterocycles. The molecule has 0 saturated carbocycles. The smallest absolute Gasteiger partial charge is 0.470 e. The van der Waals surface area contributed by atoms with E-state index in [1.54, 1.807) is 0 Å². The van der Waals surface area contributed by atoms with Gasteiger partial charge in [-0.1, -0.05) is 0 Å². The molecular weight excluding hydrogens is 81.6 g/mol. The molecule has 0 rings (SSSR count). The van der Waals surface area contributed by atoms with Crippen molar-refractivity contribution < 1.29 is 14.1 Å². The Morgan fingerprint density at radius 2 is 1.67 bits per heavy atom. The van der Waals surface area contributed by atoms with E-state index < -0.39 is 6.16 Å². The third kappa shape index (κ3) is 1.69. The molecule has 0 atom stereocenters. The van der Waals surface area contributed by atoms with E-state index in [0.717, 1.165) is 0 Å². The lowest BCUT2D eigenvalue weighted by atomic mass is 10.6. The molecular formula is CH4B2O3. The van der Waals surface area contributed by atoms with Crippen LogP contribution in [-0.4, -0.2) is 22.3 Å². The summed E-state index contributed by atoms with van der Waals surface area (Å²) in [6, 6.07) is 0. The van der Waals surface area contributed by atoms with Crippen LogP contribution in [0.25, 0.3) is 0 Å². The van der Waals surface area contributed by atoms with Crippen molar-refractivity contribution in [3.8, 4) is 0 Å². The van der Waals surface area contributed by atoms with E-state index in [0.29, 0.717) is 0 Å². The van der Waals surface area contributed by atoms with E-state index in [9.17, 15) is 4.79 Å². The van der Waals surface area contributed by atoms with Crippen molar-refractivity contribution in [1.29, 1.82) is 0 Å². The molecule has 0 amide bonds. The minimum atomic E-state index is -0.657. The monoisotopic (exact) mass is 86.0 g/mol. The highest BCUT2D eigenvalue weighted by Crippen LogP contribution is 1.70. The fraction of sp³-hybridized carbons (Fsp3) is 0. The molecule has 0 unspecified atom stereocenters. The van der Waals surface area contributed by atoms with Gasteiger partial charge in [0.1, 0.15) is 0 Å². The molecule has 0 fully saturated rings. The summed E-state index contributed by atoms with van der Waals surface area (Å²) in [6.45, 7) is 0. The van der Waals surface area contributed by atoms with E-state index in [2.05, 4.69) is 9.31 Å². The first-order chi connectivity index (χ1) is 2.81. The van der Waals surface area contributed by atoms with Gasteiger partial charge < -0.3 is 9.31 Å². The standard InChI is InChI=1S/CH4B2O3/c2-5-1(4)6-3/h2-3H2. The summed E-state index contributed by atoms with van der Waals surface area (Å²) in [5.74, 6) is 0. The van der Waals surface area contributed by atoms with E-state index in [4.69, 9.17) is 0 Å². The van der Waals surface area contributed by atoms with Gasteiger partial charge in [-0.2, -0.15) is 0 Å². The number of carbonyl (C=O) groups excluding carboxylic acids is 1. The lowest BCUT2D eigenvalue weighted by Gasteiger charge is -1.91. The molecule has 0 saturated heterocycles. The van der Waals surface area contributed by atoms with E-state index in [1.165, 1.54) is 16.1 Å². The highest BCUT2D eigenvalue weighted by atomic mass is 16.7. The first-order valence-electron chi connectivity index (χ1n) is 1.43. The highest BCUT2D eigenvalue weighted by Gasteiger charge is 1.87. The molecule has 0 aliphatic heterocycles. The molecule has 0 radical (unpaired) electrons. The second kappa shape index (κ2) is 2.63. The molecule has 0 aromatic carbocycles. The predicted molar refractivity (Wildman–Crippen MR) is 24.7 cm³/mol. The summed E-state index contributed by atoms with van der Waals surface area (Å²) in [6.07, 6.45) is -0.657. The SMILES string of the molecule is BOC(=O)OB. The van der Waals surface area contributed by atoms with Crippen molar-refractivity contribution in [2.45, 2.75) is 0 Å². The van der Waals surface area contributed by atoms with Gasteiger partial charge in [-0.15, -0.1) is 0 Å². The average molecular weight is 85.7 g/mol. The van der Waals surface area contributed by atoms with E-state index >= 15 is 0 Å². The zero-order valence-corrected chi connectivity index (χ0v) is 3.72.